The zero-order chi connectivity index (χ0) is 22.2. The van der Waals surface area contributed by atoms with E-state index in [4.69, 9.17) is 4.74 Å². The third kappa shape index (κ3) is 5.58. The van der Waals surface area contributed by atoms with Gasteiger partial charge in [0.1, 0.15) is 12.4 Å². The summed E-state index contributed by atoms with van der Waals surface area (Å²) in [6.45, 7) is 0.417. The van der Waals surface area contributed by atoms with Crippen molar-refractivity contribution in [1.82, 2.24) is 4.98 Å². The third-order valence-electron chi connectivity index (χ3n) is 4.67. The fourth-order valence-corrected chi connectivity index (χ4v) is 3.05. The number of carbonyl (C=O) groups is 2. The molecule has 1 aromatic heterocycles. The Morgan fingerprint density at radius 2 is 1.34 bits per heavy atom. The van der Waals surface area contributed by atoms with Crippen LogP contribution in [0.3, 0.4) is 0 Å². The van der Waals surface area contributed by atoms with Crippen molar-refractivity contribution in [2.75, 3.05) is 10.6 Å². The summed E-state index contributed by atoms with van der Waals surface area (Å²) in [7, 11) is 0. The van der Waals surface area contributed by atoms with Gasteiger partial charge in [0.05, 0.1) is 0 Å². The Hall–Kier alpha value is -4.45. The molecule has 1 heterocycles. The molecule has 0 fully saturated rings. The van der Waals surface area contributed by atoms with Crippen LogP contribution in [0.4, 0.5) is 11.4 Å². The van der Waals surface area contributed by atoms with Crippen molar-refractivity contribution in [1.29, 1.82) is 0 Å². The number of hydrogen-bond donors (Lipinski definition) is 2. The predicted octanol–water partition coefficient (Wildman–Crippen LogP) is 5.17. The van der Waals surface area contributed by atoms with Crippen LogP contribution in [0.2, 0.25) is 0 Å². The Kier molecular flexibility index (Phi) is 6.53. The monoisotopic (exact) mass is 423 g/mol. The molecule has 0 spiro atoms. The van der Waals surface area contributed by atoms with Gasteiger partial charge in [0.2, 0.25) is 0 Å². The van der Waals surface area contributed by atoms with Crippen molar-refractivity contribution in [2.24, 2.45) is 0 Å². The van der Waals surface area contributed by atoms with Crippen molar-refractivity contribution in [3.63, 3.8) is 0 Å². The number of aromatic nitrogens is 1. The highest BCUT2D eigenvalue weighted by Gasteiger charge is 2.11. The van der Waals surface area contributed by atoms with Gasteiger partial charge in [-0.2, -0.15) is 0 Å². The van der Waals surface area contributed by atoms with Crippen LogP contribution in [0.5, 0.6) is 5.75 Å². The van der Waals surface area contributed by atoms with Crippen LogP contribution >= 0.6 is 0 Å². The number of anilines is 2. The first-order valence-corrected chi connectivity index (χ1v) is 10.1. The van der Waals surface area contributed by atoms with Crippen LogP contribution in [0, 0.1) is 0 Å². The number of amides is 2. The molecule has 0 bridgehead atoms. The summed E-state index contributed by atoms with van der Waals surface area (Å²) in [6, 6.07) is 27.0. The highest BCUT2D eigenvalue weighted by Crippen LogP contribution is 2.18. The predicted molar refractivity (Wildman–Crippen MR) is 124 cm³/mol. The van der Waals surface area contributed by atoms with E-state index in [9.17, 15) is 9.59 Å². The maximum Gasteiger partial charge on any atom is 0.255 e. The molecule has 0 saturated heterocycles. The molecule has 6 heteroatoms. The first-order chi connectivity index (χ1) is 15.7. The lowest BCUT2D eigenvalue weighted by molar-refractivity contribution is 0.101. The van der Waals surface area contributed by atoms with Crippen LogP contribution in [0.25, 0.3) is 0 Å². The lowest BCUT2D eigenvalue weighted by Crippen LogP contribution is -2.14. The Morgan fingerprint density at radius 3 is 2.09 bits per heavy atom. The highest BCUT2D eigenvalue weighted by molar-refractivity contribution is 6.07. The van der Waals surface area contributed by atoms with Crippen LogP contribution in [-0.2, 0) is 6.61 Å². The van der Waals surface area contributed by atoms with Crippen molar-refractivity contribution in [3.8, 4) is 5.75 Å². The second-order valence-electron chi connectivity index (χ2n) is 7.03. The van der Waals surface area contributed by atoms with Crippen LogP contribution in [-0.4, -0.2) is 16.8 Å². The molecule has 2 amide bonds. The van der Waals surface area contributed by atoms with Gasteiger partial charge in [-0.1, -0.05) is 42.5 Å². The average Bonchev–Trinajstić information content (AvgIpc) is 2.84. The zero-order valence-electron chi connectivity index (χ0n) is 17.2. The lowest BCUT2D eigenvalue weighted by Gasteiger charge is -2.10. The van der Waals surface area contributed by atoms with Crippen molar-refractivity contribution >= 4 is 23.2 Å². The first-order valence-electron chi connectivity index (χ1n) is 10.1. The minimum Gasteiger partial charge on any atom is -0.489 e. The van der Waals surface area contributed by atoms with Crippen molar-refractivity contribution < 1.29 is 14.3 Å². The van der Waals surface area contributed by atoms with Crippen LogP contribution in [0.15, 0.2) is 103 Å². The zero-order valence-corrected chi connectivity index (χ0v) is 17.2. The van der Waals surface area contributed by atoms with Crippen LogP contribution < -0.4 is 15.4 Å². The summed E-state index contributed by atoms with van der Waals surface area (Å²) in [6.07, 6.45) is 3.20. The van der Waals surface area contributed by atoms with Gasteiger partial charge in [-0.25, -0.2) is 0 Å². The Morgan fingerprint density at radius 1 is 0.688 bits per heavy atom. The van der Waals surface area contributed by atoms with E-state index in [-0.39, 0.29) is 11.8 Å². The van der Waals surface area contributed by atoms with Gasteiger partial charge < -0.3 is 15.4 Å². The number of nitrogens with zero attached hydrogens (tertiary/aromatic N) is 1. The van der Waals surface area contributed by atoms with Gasteiger partial charge in [0, 0.05) is 34.9 Å². The Bertz CT molecular complexity index is 1210. The Balaban J connectivity index is 1.40. The van der Waals surface area contributed by atoms with Crippen molar-refractivity contribution in [3.05, 3.63) is 120 Å². The SMILES string of the molecule is O=C(Nc1ccncc1)c1cccc(NC(=O)c2cccc(OCc3ccccc3)c2)c1. The molecule has 0 saturated carbocycles. The topological polar surface area (TPSA) is 80.3 Å². The molecule has 0 radical (unpaired) electrons. The largest absolute Gasteiger partial charge is 0.489 e. The van der Waals surface area contributed by atoms with Gasteiger partial charge in [0.15, 0.2) is 0 Å². The molecule has 3 aromatic carbocycles. The summed E-state index contributed by atoms with van der Waals surface area (Å²) < 4.78 is 5.80. The third-order valence-corrected chi connectivity index (χ3v) is 4.67. The van der Waals surface area contributed by atoms with E-state index in [1.165, 1.54) is 0 Å². The molecular formula is C26H21N3O3. The van der Waals surface area contributed by atoms with Gasteiger partial charge in [-0.15, -0.1) is 0 Å². The van der Waals surface area contributed by atoms with E-state index in [1.54, 1.807) is 67.0 Å². The van der Waals surface area contributed by atoms with Gasteiger partial charge >= 0.3 is 0 Å². The Labute approximate surface area is 185 Å². The van der Waals surface area contributed by atoms with Gasteiger partial charge in [-0.3, -0.25) is 14.6 Å². The average molecular weight is 423 g/mol. The normalized spacial score (nSPS) is 10.2. The molecule has 0 unspecified atom stereocenters. The first kappa shape index (κ1) is 20.8. The molecule has 0 aliphatic rings. The molecule has 4 rings (SSSR count). The number of hydrogen-bond acceptors (Lipinski definition) is 4. The van der Waals surface area contributed by atoms with E-state index in [2.05, 4.69) is 15.6 Å². The summed E-state index contributed by atoms with van der Waals surface area (Å²) in [5.74, 6) is 0.0393. The number of carbonyl (C=O) groups excluding carboxylic acids is 2. The minimum absolute atomic E-state index is 0.274. The molecule has 6 nitrogen and oxygen atoms in total. The minimum atomic E-state index is -0.290. The number of nitrogens with one attached hydrogen (secondary N) is 2. The molecule has 0 aliphatic carbocycles. The highest BCUT2D eigenvalue weighted by atomic mass is 16.5. The van der Waals surface area contributed by atoms with E-state index >= 15 is 0 Å². The number of benzene rings is 3. The van der Waals surface area contributed by atoms with Crippen LogP contribution in [0.1, 0.15) is 26.3 Å². The number of rotatable bonds is 7. The van der Waals surface area contributed by atoms with E-state index < -0.39 is 0 Å². The summed E-state index contributed by atoms with van der Waals surface area (Å²) in [5.41, 5.74) is 3.10. The quantitative estimate of drug-likeness (QED) is 0.430. The van der Waals surface area contributed by atoms with E-state index in [1.807, 2.05) is 36.4 Å². The smallest absolute Gasteiger partial charge is 0.255 e. The summed E-state index contributed by atoms with van der Waals surface area (Å²) in [5, 5.41) is 5.63. The van der Waals surface area contributed by atoms with E-state index in [0.717, 1.165) is 5.56 Å². The van der Waals surface area contributed by atoms with Crippen molar-refractivity contribution in [2.45, 2.75) is 6.61 Å². The number of ether oxygens (including phenoxy) is 1. The summed E-state index contributed by atoms with van der Waals surface area (Å²) in [4.78, 5) is 29.2. The second-order valence-corrected chi connectivity index (χ2v) is 7.03. The fourth-order valence-electron chi connectivity index (χ4n) is 3.05. The van der Waals surface area contributed by atoms with Gasteiger partial charge in [0.25, 0.3) is 11.8 Å². The molecule has 2 N–H and O–H groups in total. The molecule has 4 aromatic rings. The lowest BCUT2D eigenvalue weighted by atomic mass is 10.1. The standard InChI is InChI=1S/C26H21N3O3/c30-25(28-22-12-14-27-15-13-22)20-8-4-10-23(16-20)29-26(31)21-9-5-11-24(17-21)32-18-19-6-2-1-3-7-19/h1-17H,18H2,(H,29,31)(H,27,28,30). The molecular weight excluding hydrogens is 402 g/mol. The maximum absolute atomic E-state index is 12.7. The second kappa shape index (κ2) is 10.0. The fraction of sp³-hybridized carbons (Fsp3) is 0.0385. The maximum atomic E-state index is 12.7. The molecule has 0 atom stereocenters. The summed E-state index contributed by atoms with van der Waals surface area (Å²) >= 11 is 0. The molecule has 158 valence electrons. The molecule has 32 heavy (non-hydrogen) atoms. The van der Waals surface area contributed by atoms with Gasteiger partial charge in [-0.05, 0) is 54.1 Å². The number of pyridine rings is 1. The molecule has 0 aliphatic heterocycles. The van der Waals surface area contributed by atoms with E-state index in [0.29, 0.717) is 34.9 Å².